The van der Waals surface area contributed by atoms with Crippen LogP contribution in [0.4, 0.5) is 11.4 Å². The topological polar surface area (TPSA) is 78.5 Å². The van der Waals surface area contributed by atoms with Crippen LogP contribution in [0, 0.1) is 5.92 Å². The third-order valence-electron chi connectivity index (χ3n) is 5.57. The fraction of sp³-hybridized carbons (Fsp3) is 0.571. The first-order valence-corrected chi connectivity index (χ1v) is 9.95. The Morgan fingerprint density at radius 1 is 1.19 bits per heavy atom. The van der Waals surface area contributed by atoms with Gasteiger partial charge in [-0.1, -0.05) is 18.9 Å². The molecule has 0 spiro atoms. The Morgan fingerprint density at radius 2 is 1.93 bits per heavy atom. The highest BCUT2D eigenvalue weighted by atomic mass is 16.2. The molecule has 6 heteroatoms. The summed E-state index contributed by atoms with van der Waals surface area (Å²) in [6.07, 6.45) is 6.99. The van der Waals surface area contributed by atoms with Crippen molar-refractivity contribution in [1.29, 1.82) is 0 Å². The molecule has 3 rings (SSSR count). The van der Waals surface area contributed by atoms with E-state index < -0.39 is 6.04 Å². The lowest BCUT2D eigenvalue weighted by atomic mass is 10.0. The standard InChI is InChI=1S/C21H29N3O3/c1-14(22-20(26)12-16-6-3-4-7-16)21(27)23-18-10-9-17-8-5-11-24(15(2)25)19(17)13-18/h9-10,13-14,16H,3-8,11-12H2,1-2H3,(H,22,26)(H,23,27). The van der Waals surface area contributed by atoms with Gasteiger partial charge in [0.05, 0.1) is 0 Å². The van der Waals surface area contributed by atoms with Crippen LogP contribution in [-0.4, -0.2) is 30.3 Å². The highest BCUT2D eigenvalue weighted by Crippen LogP contribution is 2.30. The summed E-state index contributed by atoms with van der Waals surface area (Å²) in [4.78, 5) is 38.2. The normalized spacial score (nSPS) is 17.9. The summed E-state index contributed by atoms with van der Waals surface area (Å²) in [5.41, 5.74) is 2.63. The fourth-order valence-electron chi connectivity index (χ4n) is 4.07. The van der Waals surface area contributed by atoms with Gasteiger partial charge in [0.2, 0.25) is 17.7 Å². The molecule has 2 aliphatic rings. The maximum Gasteiger partial charge on any atom is 0.246 e. The molecular formula is C21H29N3O3. The molecule has 2 N–H and O–H groups in total. The molecule has 27 heavy (non-hydrogen) atoms. The Kier molecular flexibility index (Phi) is 6.14. The quantitative estimate of drug-likeness (QED) is 0.835. The van der Waals surface area contributed by atoms with Crippen LogP contribution in [0.2, 0.25) is 0 Å². The number of rotatable bonds is 5. The summed E-state index contributed by atoms with van der Waals surface area (Å²) in [5, 5.41) is 5.66. The van der Waals surface area contributed by atoms with Crippen molar-refractivity contribution in [2.45, 2.75) is 64.8 Å². The van der Waals surface area contributed by atoms with Gasteiger partial charge < -0.3 is 15.5 Å². The minimum absolute atomic E-state index is 0.00645. The lowest BCUT2D eigenvalue weighted by molar-refractivity contribution is -0.126. The van der Waals surface area contributed by atoms with Gasteiger partial charge >= 0.3 is 0 Å². The zero-order valence-electron chi connectivity index (χ0n) is 16.2. The number of carbonyl (C=O) groups excluding carboxylic acids is 3. The minimum Gasteiger partial charge on any atom is -0.345 e. The average molecular weight is 371 g/mol. The molecule has 0 radical (unpaired) electrons. The van der Waals surface area contributed by atoms with Gasteiger partial charge in [0.15, 0.2) is 0 Å². The molecule has 6 nitrogen and oxygen atoms in total. The number of hydrogen-bond donors (Lipinski definition) is 2. The molecule has 1 atom stereocenters. The number of nitrogens with zero attached hydrogens (tertiary/aromatic N) is 1. The van der Waals surface area contributed by atoms with Gasteiger partial charge in [-0.15, -0.1) is 0 Å². The highest BCUT2D eigenvalue weighted by Gasteiger charge is 2.23. The predicted octanol–water partition coefficient (Wildman–Crippen LogP) is 3.01. The second-order valence-electron chi connectivity index (χ2n) is 7.75. The van der Waals surface area contributed by atoms with Crippen molar-refractivity contribution in [3.8, 4) is 0 Å². The van der Waals surface area contributed by atoms with Crippen LogP contribution < -0.4 is 15.5 Å². The summed E-state index contributed by atoms with van der Waals surface area (Å²) >= 11 is 0. The molecule has 1 unspecified atom stereocenters. The molecule has 1 heterocycles. The van der Waals surface area contributed by atoms with E-state index in [1.807, 2.05) is 18.2 Å². The summed E-state index contributed by atoms with van der Waals surface area (Å²) in [5.74, 6) is 0.156. The van der Waals surface area contributed by atoms with E-state index in [1.54, 1.807) is 18.7 Å². The third-order valence-corrected chi connectivity index (χ3v) is 5.57. The van der Waals surface area contributed by atoms with Gasteiger partial charge in [-0.05, 0) is 56.2 Å². The van der Waals surface area contributed by atoms with Crippen molar-refractivity contribution in [2.75, 3.05) is 16.8 Å². The Bertz CT molecular complexity index is 725. The largest absolute Gasteiger partial charge is 0.345 e. The number of carbonyl (C=O) groups is 3. The van der Waals surface area contributed by atoms with E-state index in [2.05, 4.69) is 10.6 Å². The molecule has 1 saturated carbocycles. The molecule has 0 bridgehead atoms. The molecule has 1 aromatic carbocycles. The van der Waals surface area contributed by atoms with Gasteiger partial charge in [-0.25, -0.2) is 0 Å². The van der Waals surface area contributed by atoms with E-state index in [4.69, 9.17) is 0 Å². The van der Waals surface area contributed by atoms with Crippen LogP contribution in [-0.2, 0) is 20.8 Å². The summed E-state index contributed by atoms with van der Waals surface area (Å²) in [6.45, 7) is 3.96. The van der Waals surface area contributed by atoms with Gasteiger partial charge in [0.25, 0.3) is 0 Å². The smallest absolute Gasteiger partial charge is 0.246 e. The van der Waals surface area contributed by atoms with Crippen molar-refractivity contribution < 1.29 is 14.4 Å². The first-order chi connectivity index (χ1) is 12.9. The first-order valence-electron chi connectivity index (χ1n) is 9.95. The van der Waals surface area contributed by atoms with E-state index in [0.29, 0.717) is 24.6 Å². The molecule has 1 aromatic rings. The SMILES string of the molecule is CC(=O)N1CCCc2ccc(NC(=O)C(C)NC(=O)CC3CCCC3)cc21. The Hall–Kier alpha value is -2.37. The van der Waals surface area contributed by atoms with Crippen molar-refractivity contribution in [3.05, 3.63) is 23.8 Å². The molecule has 3 amide bonds. The van der Waals surface area contributed by atoms with Crippen molar-refractivity contribution >= 4 is 29.1 Å². The van der Waals surface area contributed by atoms with Gasteiger partial charge in [0.1, 0.15) is 6.04 Å². The van der Waals surface area contributed by atoms with E-state index >= 15 is 0 Å². The Balaban J connectivity index is 1.59. The van der Waals surface area contributed by atoms with E-state index in [9.17, 15) is 14.4 Å². The Labute approximate surface area is 160 Å². The van der Waals surface area contributed by atoms with Crippen LogP contribution in [0.3, 0.4) is 0 Å². The number of aryl methyl sites for hydroxylation is 1. The number of benzene rings is 1. The van der Waals surface area contributed by atoms with E-state index in [1.165, 1.54) is 12.8 Å². The summed E-state index contributed by atoms with van der Waals surface area (Å²) in [6, 6.07) is 5.07. The van der Waals surface area contributed by atoms with Gasteiger partial charge in [-0.3, -0.25) is 14.4 Å². The van der Waals surface area contributed by atoms with E-state index in [-0.39, 0.29) is 17.7 Å². The monoisotopic (exact) mass is 371 g/mol. The lowest BCUT2D eigenvalue weighted by Crippen LogP contribution is -2.42. The number of hydrogen-bond acceptors (Lipinski definition) is 3. The summed E-state index contributed by atoms with van der Waals surface area (Å²) in [7, 11) is 0. The van der Waals surface area contributed by atoms with Crippen LogP contribution >= 0.6 is 0 Å². The number of anilines is 2. The first kappa shape index (κ1) is 19.4. The number of amides is 3. The van der Waals surface area contributed by atoms with Crippen molar-refractivity contribution in [3.63, 3.8) is 0 Å². The zero-order valence-corrected chi connectivity index (χ0v) is 16.2. The molecule has 1 aliphatic heterocycles. The minimum atomic E-state index is -0.598. The molecular weight excluding hydrogens is 342 g/mol. The van der Waals surface area contributed by atoms with E-state index in [0.717, 1.165) is 36.9 Å². The van der Waals surface area contributed by atoms with Crippen LogP contribution in [0.15, 0.2) is 18.2 Å². The molecule has 146 valence electrons. The number of fused-ring (bicyclic) bond motifs is 1. The highest BCUT2D eigenvalue weighted by molar-refractivity contribution is 5.98. The second kappa shape index (κ2) is 8.55. The predicted molar refractivity (Wildman–Crippen MR) is 106 cm³/mol. The van der Waals surface area contributed by atoms with Crippen molar-refractivity contribution in [2.24, 2.45) is 5.92 Å². The van der Waals surface area contributed by atoms with Crippen LogP contribution in [0.5, 0.6) is 0 Å². The maximum atomic E-state index is 12.5. The second-order valence-corrected chi connectivity index (χ2v) is 7.75. The molecule has 0 aromatic heterocycles. The lowest BCUT2D eigenvalue weighted by Gasteiger charge is -2.29. The third kappa shape index (κ3) is 4.87. The average Bonchev–Trinajstić information content (AvgIpc) is 3.13. The van der Waals surface area contributed by atoms with Crippen molar-refractivity contribution in [1.82, 2.24) is 5.32 Å². The van der Waals surface area contributed by atoms with Crippen LogP contribution in [0.1, 0.15) is 57.9 Å². The molecule has 1 aliphatic carbocycles. The molecule has 1 fully saturated rings. The number of nitrogens with one attached hydrogen (secondary N) is 2. The Morgan fingerprint density at radius 3 is 2.63 bits per heavy atom. The fourth-order valence-corrected chi connectivity index (χ4v) is 4.07. The summed E-state index contributed by atoms with van der Waals surface area (Å²) < 4.78 is 0. The van der Waals surface area contributed by atoms with Gasteiger partial charge in [-0.2, -0.15) is 0 Å². The maximum absolute atomic E-state index is 12.5. The van der Waals surface area contributed by atoms with Crippen LogP contribution in [0.25, 0.3) is 0 Å². The zero-order chi connectivity index (χ0) is 19.4. The molecule has 0 saturated heterocycles. The van der Waals surface area contributed by atoms with Gasteiger partial charge in [0, 0.05) is 31.3 Å².